The van der Waals surface area contributed by atoms with Crippen molar-refractivity contribution >= 4 is 80.6 Å². The van der Waals surface area contributed by atoms with Crippen LogP contribution in [0.15, 0.2) is 114 Å². The van der Waals surface area contributed by atoms with Crippen molar-refractivity contribution in [3.05, 3.63) is 132 Å². The zero-order valence-corrected chi connectivity index (χ0v) is 43.2. The number of isothiocyanates is 1. The molecule has 16 nitrogen and oxygen atoms in total. The maximum Gasteiger partial charge on any atom is 0.416 e. The lowest BCUT2D eigenvalue weighted by atomic mass is 10.2. The van der Waals surface area contributed by atoms with E-state index < -0.39 is 40.8 Å². The number of anilines is 6. The Morgan fingerprint density at radius 1 is 0.662 bits per heavy atom. The summed E-state index contributed by atoms with van der Waals surface area (Å²) in [6.07, 6.45) is -6.02. The van der Waals surface area contributed by atoms with Crippen LogP contribution in [0, 0.1) is 11.6 Å². The van der Waals surface area contributed by atoms with Gasteiger partial charge >= 0.3 is 12.4 Å². The zero-order valence-electron chi connectivity index (χ0n) is 42.4. The first-order valence-corrected chi connectivity index (χ1v) is 23.9. The van der Waals surface area contributed by atoms with Crippen molar-refractivity contribution in [1.82, 2.24) is 29.3 Å². The number of nitrogens with two attached hydrogens (primary N) is 1. The molecule has 4 aromatic carbocycles. The maximum absolute atomic E-state index is 14.2. The molecule has 80 heavy (non-hydrogen) atoms. The van der Waals surface area contributed by atoms with E-state index in [0.717, 1.165) is 37.9 Å². The normalized spacial score (nSPS) is 10.8. The highest BCUT2D eigenvalue weighted by Crippen LogP contribution is 2.35. The first-order valence-electron chi connectivity index (χ1n) is 23.5. The number of carbonyl (C=O) groups excluding carboxylic acids is 2. The fourth-order valence-corrected chi connectivity index (χ4v) is 7.05. The first-order chi connectivity index (χ1) is 36.6. The molecule has 7 aromatic rings. The van der Waals surface area contributed by atoms with Gasteiger partial charge in [0.1, 0.15) is 52.0 Å². The molecule has 0 aliphatic carbocycles. The van der Waals surface area contributed by atoms with Crippen molar-refractivity contribution in [2.45, 2.75) is 62.3 Å². The van der Waals surface area contributed by atoms with Gasteiger partial charge < -0.3 is 41.0 Å². The van der Waals surface area contributed by atoms with E-state index in [1.54, 1.807) is 71.5 Å². The second-order valence-corrected chi connectivity index (χ2v) is 16.5. The summed E-state index contributed by atoms with van der Waals surface area (Å²) in [4.78, 5) is 44.2. The van der Waals surface area contributed by atoms with Gasteiger partial charge in [0.15, 0.2) is 0 Å². The molecule has 3 heterocycles. The van der Waals surface area contributed by atoms with Crippen molar-refractivity contribution in [3.63, 3.8) is 0 Å². The number of likely N-dealkylation sites (N-methyl/N-ethyl adjacent to an activating group) is 2. The summed E-state index contributed by atoms with van der Waals surface area (Å²) in [6.45, 7) is 11.7. The summed E-state index contributed by atoms with van der Waals surface area (Å²) in [5.74, 6) is 0.994. The molecule has 0 bridgehead atoms. The Balaban J connectivity index is 0.000000448. The molecule has 3 aromatic heterocycles. The van der Waals surface area contributed by atoms with Crippen LogP contribution in [0.4, 0.5) is 75.5 Å². The summed E-state index contributed by atoms with van der Waals surface area (Å²) in [5.41, 5.74) is 5.74. The number of aryl methyl sites for hydroxylation is 1. The standard InChI is InChI=1S/C26H26F4N6O2.C18H25N5O2.C8H3F4NS.3CH4/c1-4-36(5-2)15-24(37)34-23-14-18(10-11-31-23)38-17-7-9-22-21(13-17)33-25(35(22)3)32-20-12-16(26(28,29)30)6-8-19(20)27;1-4-23(5-2)12-18(24)22-17-11-14(8-9-21-17)25-13-6-7-16(20-3)15(19)10-13;9-6-2-1-5(8(10,11)12)3-7(6)13-4-14;;;/h6-14H,4-5,15H2,1-3H3,(H,32,33)(H,31,34,37);6-11,20H,4-5,12,19H2,1-3H3,(H,21,22,24);1-3H;3*1H4. The molecule has 2 amide bonds. The van der Waals surface area contributed by atoms with E-state index in [1.165, 1.54) is 6.20 Å². The Morgan fingerprint density at radius 3 is 1.61 bits per heavy atom. The number of amides is 2. The molecule has 25 heteroatoms. The summed E-state index contributed by atoms with van der Waals surface area (Å²) in [7, 11) is 3.46. The number of hydrogen-bond donors (Lipinski definition) is 5. The summed E-state index contributed by atoms with van der Waals surface area (Å²) >= 11 is 4.17. The minimum atomic E-state index is -4.61. The number of hydrogen-bond acceptors (Lipinski definition) is 14. The SMILES string of the molecule is C.C.C.CCN(CC)CC(=O)Nc1cc(Oc2ccc(NC)c(N)c2)ccn1.CCN(CC)CC(=O)Nc1cc(Oc2ccc3c(c2)nc(Nc2cc(C(F)(F)F)ccc2F)n3C)ccn1.Fc1ccc(C(F)(F)F)cc1N=C=S. The van der Waals surface area contributed by atoms with Crippen LogP contribution in [0.25, 0.3) is 11.0 Å². The molecule has 0 aliphatic rings. The Hall–Kier alpha value is -8.25. The Kier molecular flexibility index (Phi) is 26.6. The number of rotatable bonds is 18. The van der Waals surface area contributed by atoms with E-state index >= 15 is 0 Å². The third kappa shape index (κ3) is 19.9. The molecule has 0 spiro atoms. The van der Waals surface area contributed by atoms with Gasteiger partial charge in [0.05, 0.1) is 57.5 Å². The van der Waals surface area contributed by atoms with E-state index in [2.05, 4.69) is 53.4 Å². The van der Waals surface area contributed by atoms with E-state index in [1.807, 2.05) is 56.7 Å². The number of aliphatic imine (C=N–C) groups is 1. The van der Waals surface area contributed by atoms with E-state index in [9.17, 15) is 44.7 Å². The number of aromatic nitrogens is 4. The molecule has 0 aliphatic heterocycles. The number of ether oxygens (including phenoxy) is 2. The average Bonchev–Trinajstić information content (AvgIpc) is 3.69. The van der Waals surface area contributed by atoms with Gasteiger partial charge in [0.25, 0.3) is 0 Å². The molecule has 0 radical (unpaired) electrons. The predicted octanol–water partition coefficient (Wildman–Crippen LogP) is 14.2. The largest absolute Gasteiger partial charge is 0.457 e. The number of alkyl halides is 6. The molecule has 0 saturated heterocycles. The minimum absolute atomic E-state index is 0. The number of halogens is 8. The lowest BCUT2D eigenvalue weighted by molar-refractivity contribution is -0.138. The monoisotopic (exact) mass is 1140 g/mol. The number of carbonyl (C=O) groups is 2. The number of thiocarbonyl (C=S) groups is 1. The number of imidazole rings is 1. The summed E-state index contributed by atoms with van der Waals surface area (Å²) < 4.78 is 116. The van der Waals surface area contributed by atoms with Gasteiger partial charge in [0.2, 0.25) is 17.8 Å². The Morgan fingerprint density at radius 2 is 1.14 bits per heavy atom. The minimum Gasteiger partial charge on any atom is -0.457 e. The molecule has 6 N–H and O–H groups in total. The molecule has 432 valence electrons. The van der Waals surface area contributed by atoms with Gasteiger partial charge in [-0.05, 0) is 111 Å². The lowest BCUT2D eigenvalue weighted by Crippen LogP contribution is -2.33. The molecule has 0 fully saturated rings. The maximum atomic E-state index is 14.2. The lowest BCUT2D eigenvalue weighted by Gasteiger charge is -2.17. The molecular weight excluding hydrogens is 1080 g/mol. The van der Waals surface area contributed by atoms with E-state index in [4.69, 9.17) is 15.2 Å². The first kappa shape index (κ1) is 67.9. The smallest absolute Gasteiger partial charge is 0.416 e. The van der Waals surface area contributed by atoms with Gasteiger partial charge in [-0.2, -0.15) is 31.3 Å². The number of nitrogens with one attached hydrogen (secondary N) is 4. The van der Waals surface area contributed by atoms with Gasteiger partial charge in [-0.25, -0.2) is 23.7 Å². The molecule has 7 rings (SSSR count). The van der Waals surface area contributed by atoms with Crippen LogP contribution in [0.2, 0.25) is 0 Å². The Bertz CT molecular complexity index is 3180. The van der Waals surface area contributed by atoms with E-state index in [0.29, 0.717) is 88.2 Å². The highest BCUT2D eigenvalue weighted by Gasteiger charge is 2.32. The van der Waals surface area contributed by atoms with Gasteiger partial charge in [-0.1, -0.05) is 50.0 Å². The summed E-state index contributed by atoms with van der Waals surface area (Å²) in [5, 5.41) is 13.0. The van der Waals surface area contributed by atoms with Crippen LogP contribution < -0.4 is 36.5 Å². The average molecular weight is 1140 g/mol. The van der Waals surface area contributed by atoms with Gasteiger partial charge in [-0.3, -0.25) is 19.4 Å². The molecule has 0 saturated carbocycles. The van der Waals surface area contributed by atoms with Crippen molar-refractivity contribution in [3.8, 4) is 23.0 Å². The second kappa shape index (κ2) is 31.4. The van der Waals surface area contributed by atoms with Crippen LogP contribution in [0.5, 0.6) is 23.0 Å². The van der Waals surface area contributed by atoms with E-state index in [-0.39, 0.29) is 52.3 Å². The van der Waals surface area contributed by atoms with Crippen LogP contribution in [0.1, 0.15) is 61.1 Å². The number of nitrogen functional groups attached to an aromatic ring is 1. The fourth-order valence-electron chi connectivity index (χ4n) is 6.95. The number of fused-ring (bicyclic) bond motifs is 1. The van der Waals surface area contributed by atoms with Crippen LogP contribution in [0.3, 0.4) is 0 Å². The third-order valence-corrected chi connectivity index (χ3v) is 11.2. The Labute approximate surface area is 465 Å². The fraction of sp³-hybridized carbons (Fsp3) is 0.309. The number of benzene rings is 4. The van der Waals surface area contributed by atoms with Crippen molar-refractivity contribution in [2.75, 3.05) is 73.3 Å². The van der Waals surface area contributed by atoms with Crippen LogP contribution in [-0.4, -0.2) is 92.6 Å². The second-order valence-electron chi connectivity index (χ2n) is 16.3. The van der Waals surface area contributed by atoms with Crippen LogP contribution in [-0.2, 0) is 29.0 Å². The third-order valence-electron chi connectivity index (χ3n) is 11.1. The predicted molar refractivity (Wildman–Crippen MR) is 304 cm³/mol. The van der Waals surface area contributed by atoms with Crippen LogP contribution >= 0.6 is 12.2 Å². The molecule has 0 atom stereocenters. The zero-order chi connectivity index (χ0) is 56.5. The number of nitrogens with zero attached hydrogens (tertiary/aromatic N) is 7. The highest BCUT2D eigenvalue weighted by atomic mass is 32.1. The molecular formula is C55H66F8N12O4S. The highest BCUT2D eigenvalue weighted by molar-refractivity contribution is 7.78. The van der Waals surface area contributed by atoms with Crippen molar-refractivity contribution < 1.29 is 54.2 Å². The summed E-state index contributed by atoms with van der Waals surface area (Å²) in [6, 6.07) is 21.1. The van der Waals surface area contributed by atoms with Crippen molar-refractivity contribution in [2.24, 2.45) is 12.0 Å². The van der Waals surface area contributed by atoms with Gasteiger partial charge in [-0.15, -0.1) is 0 Å². The van der Waals surface area contributed by atoms with Crippen molar-refractivity contribution in [1.29, 1.82) is 0 Å². The quantitative estimate of drug-likeness (QED) is 0.0236. The molecule has 0 unspecified atom stereocenters. The van der Waals surface area contributed by atoms with Gasteiger partial charge in [0, 0.05) is 50.8 Å². The topological polar surface area (TPSA) is 189 Å². The number of pyridine rings is 2.